The van der Waals surface area contributed by atoms with Crippen molar-refractivity contribution in [2.75, 3.05) is 63.2 Å². The summed E-state index contributed by atoms with van der Waals surface area (Å²) in [6.45, 7) is 5.32. The largest absolute Gasteiger partial charge is 0.479 e. The second-order valence-corrected chi connectivity index (χ2v) is 17.7. The molecule has 1 spiro atoms. The van der Waals surface area contributed by atoms with Gasteiger partial charge in [-0.2, -0.15) is 15.1 Å². The molecule has 1 aliphatic carbocycles. The number of aryl methyl sites for hydroxylation is 1. The summed E-state index contributed by atoms with van der Waals surface area (Å²) in [6.07, 6.45) is 13.6. The van der Waals surface area contributed by atoms with Crippen molar-refractivity contribution in [1.82, 2.24) is 39.6 Å². The maximum absolute atomic E-state index is 13.5. The van der Waals surface area contributed by atoms with Gasteiger partial charge < -0.3 is 29.7 Å². The number of anilines is 5. The number of ether oxygens (including phenoxy) is 1. The van der Waals surface area contributed by atoms with Crippen LogP contribution >= 0.6 is 23.1 Å². The Balaban J connectivity index is 1.20. The first-order valence-corrected chi connectivity index (χ1v) is 19.7. The maximum Gasteiger partial charge on any atom is 0.239 e. The predicted molar refractivity (Wildman–Crippen MR) is 199 cm³/mol. The number of hydrogen-bond acceptors (Lipinski definition) is 12. The van der Waals surface area contributed by atoms with Gasteiger partial charge in [0.2, 0.25) is 11.8 Å². The summed E-state index contributed by atoms with van der Waals surface area (Å²) in [5.74, 6) is 2.13. The molecule has 7 rings (SSSR count). The van der Waals surface area contributed by atoms with Crippen molar-refractivity contribution in [3.63, 3.8) is 0 Å². The van der Waals surface area contributed by atoms with Crippen molar-refractivity contribution in [2.45, 2.75) is 31.7 Å². The first-order valence-electron chi connectivity index (χ1n) is 16.3. The molecule has 256 valence electrons. The molecule has 2 N–H and O–H groups in total. The van der Waals surface area contributed by atoms with Crippen LogP contribution in [0.5, 0.6) is 5.88 Å². The maximum atomic E-state index is 13.5. The average molecular weight is 747 g/mol. The van der Waals surface area contributed by atoms with Gasteiger partial charge in [0, 0.05) is 62.1 Å². The van der Waals surface area contributed by atoms with Crippen LogP contribution in [0.25, 0.3) is 22.2 Å². The van der Waals surface area contributed by atoms with E-state index in [1.165, 1.54) is 12.8 Å². The molecule has 1 aliphatic heterocycles. The molecule has 1 saturated heterocycles. The third kappa shape index (κ3) is 6.61. The summed E-state index contributed by atoms with van der Waals surface area (Å²) < 4.78 is 21.8. The molecule has 2 fully saturated rings. The highest BCUT2D eigenvalue weighted by Gasteiger charge is 2.46. The number of aromatic nitrogens is 7. The number of rotatable bonds is 9. The van der Waals surface area contributed by atoms with Gasteiger partial charge in [0.1, 0.15) is 30.0 Å². The lowest BCUT2D eigenvalue weighted by Crippen LogP contribution is -2.53. The molecule has 0 unspecified atom stereocenters. The molecule has 13 nitrogen and oxygen atoms in total. The van der Waals surface area contributed by atoms with Crippen molar-refractivity contribution in [3.05, 3.63) is 53.7 Å². The quantitative estimate of drug-likeness (QED) is 0.170. The van der Waals surface area contributed by atoms with E-state index >= 15 is 0 Å². The van der Waals surface area contributed by atoms with E-state index in [1.54, 1.807) is 43.7 Å². The normalized spacial score (nSPS) is 16.3. The summed E-state index contributed by atoms with van der Waals surface area (Å²) in [5, 5.41) is 11.8. The molecule has 2 aliphatic rings. The highest BCUT2D eigenvalue weighted by atomic mass is 79.9. The van der Waals surface area contributed by atoms with E-state index < -0.39 is 7.14 Å². The number of halogens is 1. The fourth-order valence-corrected chi connectivity index (χ4v) is 8.77. The number of piperidine rings is 1. The first-order chi connectivity index (χ1) is 23.4. The fourth-order valence-electron chi connectivity index (χ4n) is 7.08. The molecule has 0 bridgehead atoms. The highest BCUT2D eigenvalue weighted by Crippen LogP contribution is 2.51. The van der Waals surface area contributed by atoms with Gasteiger partial charge in [0.25, 0.3) is 0 Å². The Morgan fingerprint density at radius 3 is 2.45 bits per heavy atom. The van der Waals surface area contributed by atoms with E-state index in [1.807, 2.05) is 37.6 Å². The number of nitrogens with one attached hydrogen (secondary N) is 2. The molecule has 1 saturated carbocycles. The van der Waals surface area contributed by atoms with Crippen molar-refractivity contribution >= 4 is 68.4 Å². The number of nitrogens with zero attached hydrogens (tertiary/aromatic N) is 9. The lowest BCUT2D eigenvalue weighted by atomic mass is 9.60. The third-order valence-corrected chi connectivity index (χ3v) is 11.9. The molecular formula is C34H41BrN11O2P. The Morgan fingerprint density at radius 1 is 1.02 bits per heavy atom. The molecule has 0 radical (unpaired) electrons. The van der Waals surface area contributed by atoms with E-state index in [2.05, 4.69) is 70.5 Å². The van der Waals surface area contributed by atoms with Gasteiger partial charge in [-0.05, 0) is 92.7 Å². The smallest absolute Gasteiger partial charge is 0.239 e. The van der Waals surface area contributed by atoms with Gasteiger partial charge in [0.15, 0.2) is 0 Å². The van der Waals surface area contributed by atoms with Crippen molar-refractivity contribution in [1.29, 1.82) is 0 Å². The van der Waals surface area contributed by atoms with Crippen LogP contribution in [0, 0.1) is 5.41 Å². The fraction of sp³-hybridized carbons (Fsp3) is 0.412. The van der Waals surface area contributed by atoms with Crippen LogP contribution in [0.1, 0.15) is 25.7 Å². The zero-order valence-electron chi connectivity index (χ0n) is 28.6. The predicted octanol–water partition coefficient (Wildman–Crippen LogP) is 6.03. The van der Waals surface area contributed by atoms with Crippen LogP contribution in [0.3, 0.4) is 0 Å². The van der Waals surface area contributed by atoms with Crippen molar-refractivity contribution in [2.24, 2.45) is 12.5 Å². The minimum Gasteiger partial charge on any atom is -0.479 e. The number of hydrogen-bond donors (Lipinski definition) is 2. The van der Waals surface area contributed by atoms with Gasteiger partial charge in [-0.25, -0.2) is 4.98 Å². The monoisotopic (exact) mass is 745 g/mol. The molecule has 0 atom stereocenters. The van der Waals surface area contributed by atoms with Gasteiger partial charge in [0.05, 0.1) is 34.3 Å². The topological polar surface area (TPSA) is 139 Å². The molecule has 1 aromatic carbocycles. The van der Waals surface area contributed by atoms with Crippen LogP contribution in [0.2, 0.25) is 0 Å². The highest BCUT2D eigenvalue weighted by molar-refractivity contribution is 9.10. The Morgan fingerprint density at radius 2 is 1.78 bits per heavy atom. The van der Waals surface area contributed by atoms with E-state index in [-0.39, 0.29) is 0 Å². The summed E-state index contributed by atoms with van der Waals surface area (Å²) in [6, 6.07) is 6.43. The number of fused-ring (bicyclic) bond motifs is 1. The second kappa shape index (κ2) is 13.0. The summed E-state index contributed by atoms with van der Waals surface area (Å²) in [4.78, 5) is 28.1. The molecular weight excluding hydrogens is 705 g/mol. The molecule has 49 heavy (non-hydrogen) atoms. The average Bonchev–Trinajstić information content (AvgIpc) is 3.50. The standard InChI is InChI=1S/C34H41BrN11O2P/c1-44(2)22-16-34(17-22)9-13-46(14-10-34)31-23(21-18-39-45(3)20-21)15-27(32(43-31)48-4)41-33-38-19-24(35)30(42-33)40-26-8-7-25-28(37-12-11-36-25)29(26)49(5,6)47/h7-8,11-12,15,18-20,22H,9-10,13-14,16-17H2,1-6H3,(H2,38,40,41,42). The SMILES string of the molecule is COc1nc(N2CCC3(CC2)CC(N(C)C)C3)c(-c2cnn(C)c2)cc1Nc1ncc(Br)c(Nc2ccc3nccnc3c2P(C)(C)=O)n1. The van der Waals surface area contributed by atoms with E-state index in [4.69, 9.17) is 14.7 Å². The number of pyridine rings is 1. The Bertz CT molecular complexity index is 2070. The van der Waals surface area contributed by atoms with Crippen LogP contribution in [0.4, 0.5) is 29.0 Å². The molecule has 0 amide bonds. The summed E-state index contributed by atoms with van der Waals surface area (Å²) in [5.41, 5.74) is 4.87. The number of benzene rings is 1. The molecule has 5 heterocycles. The summed E-state index contributed by atoms with van der Waals surface area (Å²) >= 11 is 3.59. The zero-order chi connectivity index (χ0) is 34.5. The first kappa shape index (κ1) is 33.4. The second-order valence-electron chi connectivity index (χ2n) is 13.7. The lowest BCUT2D eigenvalue weighted by Gasteiger charge is -2.54. The summed E-state index contributed by atoms with van der Waals surface area (Å²) in [7, 11) is 5.13. The molecule has 4 aromatic heterocycles. The van der Waals surface area contributed by atoms with Crippen LogP contribution in [-0.2, 0) is 11.6 Å². The van der Waals surface area contributed by atoms with Crippen molar-refractivity contribution in [3.8, 4) is 17.0 Å². The Labute approximate surface area is 294 Å². The van der Waals surface area contributed by atoms with Gasteiger partial charge in [-0.3, -0.25) is 14.6 Å². The minimum absolute atomic E-state index is 0.328. The van der Waals surface area contributed by atoms with E-state index in [0.29, 0.717) is 61.3 Å². The number of methoxy groups -OCH3 is 1. The zero-order valence-corrected chi connectivity index (χ0v) is 31.1. The van der Waals surface area contributed by atoms with E-state index in [9.17, 15) is 4.57 Å². The van der Waals surface area contributed by atoms with Gasteiger partial charge in [-0.15, -0.1) is 0 Å². The third-order valence-electron chi connectivity index (χ3n) is 9.76. The van der Waals surface area contributed by atoms with Crippen LogP contribution in [0.15, 0.2) is 53.7 Å². The van der Waals surface area contributed by atoms with E-state index in [0.717, 1.165) is 42.9 Å². The van der Waals surface area contributed by atoms with Crippen molar-refractivity contribution < 1.29 is 9.30 Å². The van der Waals surface area contributed by atoms with Crippen LogP contribution < -0.4 is 25.6 Å². The Kier molecular flexibility index (Phi) is 8.83. The van der Waals surface area contributed by atoms with Gasteiger partial charge >= 0.3 is 0 Å². The van der Waals surface area contributed by atoms with Crippen LogP contribution in [-0.4, -0.2) is 93.3 Å². The lowest BCUT2D eigenvalue weighted by molar-refractivity contribution is 0.00481. The van der Waals surface area contributed by atoms with Gasteiger partial charge in [-0.1, -0.05) is 0 Å². The Hall–Kier alpha value is -4.13. The molecule has 15 heteroatoms. The minimum atomic E-state index is -2.77. The molecule has 5 aromatic rings.